The maximum atomic E-state index is 12.0. The molecule has 0 aliphatic carbocycles. The molecule has 0 heterocycles. The minimum atomic E-state index is -0.00231. The van der Waals surface area contributed by atoms with Crippen LogP contribution in [0, 0.1) is 0 Å². The van der Waals surface area contributed by atoms with Gasteiger partial charge in [0.05, 0.1) is 4.47 Å². The van der Waals surface area contributed by atoms with E-state index >= 15 is 0 Å². The maximum absolute atomic E-state index is 12.0. The highest BCUT2D eigenvalue weighted by Crippen LogP contribution is 2.29. The number of likely N-dealkylation sites (N-methyl/N-ethyl adjacent to an activating group) is 1. The number of amides is 1. The summed E-state index contributed by atoms with van der Waals surface area (Å²) >= 11 is 3.47. The second kappa shape index (κ2) is 8.27. The average molecular weight is 343 g/mol. The van der Waals surface area contributed by atoms with E-state index in [0.29, 0.717) is 25.3 Å². The smallest absolute Gasteiger partial charge is 0.260 e. The summed E-state index contributed by atoms with van der Waals surface area (Å²) in [5.74, 6) is 0.711. The van der Waals surface area contributed by atoms with Crippen molar-refractivity contribution in [2.24, 2.45) is 5.73 Å². The first kappa shape index (κ1) is 17.0. The van der Waals surface area contributed by atoms with Gasteiger partial charge in [0.2, 0.25) is 0 Å². The van der Waals surface area contributed by atoms with E-state index in [1.807, 2.05) is 39.0 Å². The van der Waals surface area contributed by atoms with Crippen LogP contribution in [0.5, 0.6) is 5.75 Å². The molecule has 1 unspecified atom stereocenters. The summed E-state index contributed by atoms with van der Waals surface area (Å²) in [6.45, 7) is 7.31. The maximum Gasteiger partial charge on any atom is 0.260 e. The first-order valence-electron chi connectivity index (χ1n) is 6.93. The van der Waals surface area contributed by atoms with Crippen LogP contribution < -0.4 is 10.5 Å². The summed E-state index contributed by atoms with van der Waals surface area (Å²) in [5.41, 5.74) is 6.86. The van der Waals surface area contributed by atoms with Gasteiger partial charge in [-0.1, -0.05) is 12.1 Å². The Hall–Kier alpha value is -1.07. The van der Waals surface area contributed by atoms with E-state index in [9.17, 15) is 4.79 Å². The summed E-state index contributed by atoms with van der Waals surface area (Å²) in [6, 6.07) is 5.87. The van der Waals surface area contributed by atoms with Crippen LogP contribution in [0.2, 0.25) is 0 Å². The van der Waals surface area contributed by atoms with Crippen LogP contribution in [0.3, 0.4) is 0 Å². The van der Waals surface area contributed by atoms with Gasteiger partial charge in [0.1, 0.15) is 5.75 Å². The molecule has 1 rings (SSSR count). The molecule has 0 saturated carbocycles. The number of benzene rings is 1. The van der Waals surface area contributed by atoms with Gasteiger partial charge in [-0.25, -0.2) is 0 Å². The molecule has 0 radical (unpaired) electrons. The van der Waals surface area contributed by atoms with E-state index in [0.717, 1.165) is 10.0 Å². The molecular weight excluding hydrogens is 320 g/mol. The quantitative estimate of drug-likeness (QED) is 0.828. The van der Waals surface area contributed by atoms with Gasteiger partial charge in [-0.3, -0.25) is 4.79 Å². The Labute approximate surface area is 129 Å². The largest absolute Gasteiger partial charge is 0.482 e. The first-order chi connectivity index (χ1) is 9.49. The lowest BCUT2D eigenvalue weighted by atomic mass is 10.1. The zero-order chi connectivity index (χ0) is 15.1. The van der Waals surface area contributed by atoms with E-state index in [1.54, 1.807) is 4.90 Å². The number of hydrogen-bond acceptors (Lipinski definition) is 3. The van der Waals surface area contributed by atoms with Crippen LogP contribution in [-0.4, -0.2) is 36.5 Å². The second-order valence-electron chi connectivity index (χ2n) is 4.76. The molecular formula is C15H23BrN2O2. The zero-order valence-electron chi connectivity index (χ0n) is 12.4. The Bertz CT molecular complexity index is 445. The van der Waals surface area contributed by atoms with Crippen molar-refractivity contribution >= 4 is 21.8 Å². The van der Waals surface area contributed by atoms with E-state index in [-0.39, 0.29) is 18.6 Å². The van der Waals surface area contributed by atoms with E-state index in [4.69, 9.17) is 10.5 Å². The lowest BCUT2D eigenvalue weighted by Crippen LogP contribution is -2.34. The van der Waals surface area contributed by atoms with Crippen molar-refractivity contribution < 1.29 is 9.53 Å². The standard InChI is InChI=1S/C15H23BrN2O2/c1-4-18(5-2)14(19)10-20-15-12(9-11(3)17)7-6-8-13(15)16/h6-8,11H,4-5,9-10,17H2,1-3H3. The summed E-state index contributed by atoms with van der Waals surface area (Å²) in [4.78, 5) is 13.7. The molecule has 0 fully saturated rings. The lowest BCUT2D eigenvalue weighted by molar-refractivity contribution is -0.132. The number of para-hydroxylation sites is 1. The van der Waals surface area contributed by atoms with Gasteiger partial charge < -0.3 is 15.4 Å². The Balaban J connectivity index is 2.78. The molecule has 112 valence electrons. The number of hydrogen-bond donors (Lipinski definition) is 1. The number of rotatable bonds is 7. The topological polar surface area (TPSA) is 55.6 Å². The summed E-state index contributed by atoms with van der Waals surface area (Å²) in [6.07, 6.45) is 0.717. The van der Waals surface area contributed by atoms with Crippen molar-refractivity contribution in [3.63, 3.8) is 0 Å². The molecule has 20 heavy (non-hydrogen) atoms. The highest BCUT2D eigenvalue weighted by atomic mass is 79.9. The fourth-order valence-electron chi connectivity index (χ4n) is 2.02. The normalized spacial score (nSPS) is 12.1. The number of halogens is 1. The molecule has 4 nitrogen and oxygen atoms in total. The van der Waals surface area contributed by atoms with Gasteiger partial charge in [0, 0.05) is 19.1 Å². The van der Waals surface area contributed by atoms with E-state index < -0.39 is 0 Å². The molecule has 1 amide bonds. The van der Waals surface area contributed by atoms with Crippen molar-refractivity contribution in [2.75, 3.05) is 19.7 Å². The van der Waals surface area contributed by atoms with Gasteiger partial charge in [0.25, 0.3) is 5.91 Å². The van der Waals surface area contributed by atoms with Crippen molar-refractivity contribution in [3.05, 3.63) is 28.2 Å². The molecule has 1 atom stereocenters. The number of nitrogens with zero attached hydrogens (tertiary/aromatic N) is 1. The molecule has 0 aromatic heterocycles. The molecule has 0 aliphatic heterocycles. The lowest BCUT2D eigenvalue weighted by Gasteiger charge is -2.20. The van der Waals surface area contributed by atoms with Crippen molar-refractivity contribution in [1.82, 2.24) is 4.90 Å². The number of carbonyl (C=O) groups excluding carboxylic acids is 1. The van der Waals surface area contributed by atoms with Crippen LogP contribution in [0.1, 0.15) is 26.3 Å². The Morgan fingerprint density at radius 2 is 2.05 bits per heavy atom. The predicted molar refractivity (Wildman–Crippen MR) is 84.9 cm³/mol. The fraction of sp³-hybridized carbons (Fsp3) is 0.533. The molecule has 0 saturated heterocycles. The monoisotopic (exact) mass is 342 g/mol. The third-order valence-corrected chi connectivity index (χ3v) is 3.67. The molecule has 2 N–H and O–H groups in total. The minimum Gasteiger partial charge on any atom is -0.482 e. The molecule has 0 aliphatic rings. The third kappa shape index (κ3) is 4.80. The van der Waals surface area contributed by atoms with Gasteiger partial charge in [0.15, 0.2) is 6.61 Å². The highest BCUT2D eigenvalue weighted by molar-refractivity contribution is 9.10. The van der Waals surface area contributed by atoms with Gasteiger partial charge in [-0.05, 0) is 54.8 Å². The third-order valence-electron chi connectivity index (χ3n) is 3.05. The number of carbonyl (C=O) groups is 1. The van der Waals surface area contributed by atoms with Gasteiger partial charge in [-0.2, -0.15) is 0 Å². The van der Waals surface area contributed by atoms with E-state index in [2.05, 4.69) is 15.9 Å². The van der Waals surface area contributed by atoms with Gasteiger partial charge in [-0.15, -0.1) is 0 Å². The number of ether oxygens (including phenoxy) is 1. The van der Waals surface area contributed by atoms with Crippen LogP contribution in [0.15, 0.2) is 22.7 Å². The zero-order valence-corrected chi connectivity index (χ0v) is 13.9. The minimum absolute atomic E-state index is 0.00231. The SMILES string of the molecule is CCN(CC)C(=O)COc1c(Br)cccc1CC(C)N. The summed E-state index contributed by atoms with van der Waals surface area (Å²) < 4.78 is 6.57. The number of nitrogens with two attached hydrogens (primary N) is 1. The Kier molecular flexibility index (Phi) is 7.02. The highest BCUT2D eigenvalue weighted by Gasteiger charge is 2.14. The first-order valence-corrected chi connectivity index (χ1v) is 7.72. The molecule has 0 bridgehead atoms. The van der Waals surface area contributed by atoms with Gasteiger partial charge >= 0.3 is 0 Å². The Morgan fingerprint density at radius 1 is 1.40 bits per heavy atom. The van der Waals surface area contributed by atoms with Crippen molar-refractivity contribution in [1.29, 1.82) is 0 Å². The molecule has 1 aromatic rings. The van der Waals surface area contributed by atoms with Crippen molar-refractivity contribution in [2.45, 2.75) is 33.2 Å². The second-order valence-corrected chi connectivity index (χ2v) is 5.62. The average Bonchev–Trinajstić information content (AvgIpc) is 2.38. The molecule has 0 spiro atoms. The van der Waals surface area contributed by atoms with E-state index in [1.165, 1.54) is 0 Å². The Morgan fingerprint density at radius 3 is 2.60 bits per heavy atom. The predicted octanol–water partition coefficient (Wildman–Crippen LogP) is 2.59. The van der Waals surface area contributed by atoms with Crippen molar-refractivity contribution in [3.8, 4) is 5.75 Å². The fourth-order valence-corrected chi connectivity index (χ4v) is 2.55. The molecule has 5 heteroatoms. The molecule has 1 aromatic carbocycles. The van der Waals surface area contributed by atoms with Crippen LogP contribution >= 0.6 is 15.9 Å². The van der Waals surface area contributed by atoms with Crippen LogP contribution in [0.4, 0.5) is 0 Å². The summed E-state index contributed by atoms with van der Waals surface area (Å²) in [7, 11) is 0. The summed E-state index contributed by atoms with van der Waals surface area (Å²) in [5, 5.41) is 0. The van der Waals surface area contributed by atoms with Crippen LogP contribution in [-0.2, 0) is 11.2 Å². The van der Waals surface area contributed by atoms with Crippen LogP contribution in [0.25, 0.3) is 0 Å².